The summed E-state index contributed by atoms with van der Waals surface area (Å²) in [7, 11) is 0. The lowest BCUT2D eigenvalue weighted by Crippen LogP contribution is -2.06. The standard InChI is InChI=1S/C12H5BrClF3N4/c13-8-5-19-11(14)21-10(8)20-9-2-1-7(12(15,16)17)3-6(9)4-18/h1-3,5H,(H,19,20,21). The fourth-order valence-electron chi connectivity index (χ4n) is 1.48. The molecule has 1 heterocycles. The molecule has 108 valence electrons. The largest absolute Gasteiger partial charge is 0.416 e. The molecule has 0 aliphatic carbocycles. The molecular weight excluding hydrogens is 373 g/mol. The highest BCUT2D eigenvalue weighted by Crippen LogP contribution is 2.33. The Morgan fingerprint density at radius 1 is 1.33 bits per heavy atom. The fraction of sp³-hybridized carbons (Fsp3) is 0.0833. The summed E-state index contributed by atoms with van der Waals surface area (Å²) in [6, 6.07) is 4.50. The Hall–Kier alpha value is -1.85. The van der Waals surface area contributed by atoms with Crippen molar-refractivity contribution in [3.63, 3.8) is 0 Å². The van der Waals surface area contributed by atoms with Gasteiger partial charge in [-0.15, -0.1) is 0 Å². The Balaban J connectivity index is 2.41. The number of hydrogen-bond donors (Lipinski definition) is 1. The Labute approximate surface area is 130 Å². The van der Waals surface area contributed by atoms with Gasteiger partial charge in [0.25, 0.3) is 0 Å². The van der Waals surface area contributed by atoms with Crippen molar-refractivity contribution < 1.29 is 13.2 Å². The zero-order valence-corrected chi connectivity index (χ0v) is 12.4. The van der Waals surface area contributed by atoms with Crippen LogP contribution in [0.1, 0.15) is 11.1 Å². The van der Waals surface area contributed by atoms with E-state index in [4.69, 9.17) is 16.9 Å². The first kappa shape index (κ1) is 15.5. The SMILES string of the molecule is N#Cc1cc(C(F)(F)F)ccc1Nc1nc(Cl)ncc1Br. The third-order valence-electron chi connectivity index (χ3n) is 2.44. The second-order valence-corrected chi connectivity index (χ2v) is 5.02. The number of nitrogens with one attached hydrogen (secondary N) is 1. The third kappa shape index (κ3) is 3.62. The summed E-state index contributed by atoms with van der Waals surface area (Å²) in [6.07, 6.45) is -3.13. The average molecular weight is 378 g/mol. The summed E-state index contributed by atoms with van der Waals surface area (Å²) in [5, 5.41) is 11.7. The number of alkyl halides is 3. The van der Waals surface area contributed by atoms with Crippen LogP contribution in [-0.2, 0) is 6.18 Å². The maximum absolute atomic E-state index is 12.6. The highest BCUT2D eigenvalue weighted by atomic mass is 79.9. The Bertz CT molecular complexity index is 727. The van der Waals surface area contributed by atoms with Crippen molar-refractivity contribution in [1.82, 2.24) is 9.97 Å². The van der Waals surface area contributed by atoms with E-state index in [0.29, 0.717) is 4.47 Å². The lowest BCUT2D eigenvalue weighted by molar-refractivity contribution is -0.137. The van der Waals surface area contributed by atoms with Gasteiger partial charge < -0.3 is 5.32 Å². The zero-order valence-electron chi connectivity index (χ0n) is 10.0. The fourth-order valence-corrected chi connectivity index (χ4v) is 1.91. The lowest BCUT2D eigenvalue weighted by Gasteiger charge is -2.12. The van der Waals surface area contributed by atoms with E-state index in [-0.39, 0.29) is 22.4 Å². The van der Waals surface area contributed by atoms with Crippen LogP contribution in [0, 0.1) is 11.3 Å². The summed E-state index contributed by atoms with van der Waals surface area (Å²) in [5.74, 6) is 0.242. The van der Waals surface area contributed by atoms with Crippen LogP contribution in [0.25, 0.3) is 0 Å². The highest BCUT2D eigenvalue weighted by Gasteiger charge is 2.31. The van der Waals surface area contributed by atoms with Crippen LogP contribution in [0.2, 0.25) is 5.28 Å². The number of nitrogens with zero attached hydrogens (tertiary/aromatic N) is 3. The molecule has 0 aliphatic rings. The number of anilines is 2. The van der Waals surface area contributed by atoms with Crippen molar-refractivity contribution in [3.8, 4) is 6.07 Å². The number of halogens is 5. The first-order valence-electron chi connectivity index (χ1n) is 5.37. The Morgan fingerprint density at radius 2 is 2.05 bits per heavy atom. The lowest BCUT2D eigenvalue weighted by atomic mass is 10.1. The van der Waals surface area contributed by atoms with Crippen molar-refractivity contribution in [2.75, 3.05) is 5.32 Å². The van der Waals surface area contributed by atoms with Gasteiger partial charge in [-0.1, -0.05) is 0 Å². The second kappa shape index (κ2) is 5.87. The summed E-state index contributed by atoms with van der Waals surface area (Å²) in [6.45, 7) is 0. The van der Waals surface area contributed by atoms with E-state index in [2.05, 4.69) is 31.2 Å². The number of nitriles is 1. The van der Waals surface area contributed by atoms with E-state index in [0.717, 1.165) is 18.2 Å². The molecule has 0 aliphatic heterocycles. The van der Waals surface area contributed by atoms with Crippen LogP contribution in [0.3, 0.4) is 0 Å². The van der Waals surface area contributed by atoms with Gasteiger partial charge >= 0.3 is 6.18 Å². The summed E-state index contributed by atoms with van der Waals surface area (Å²) < 4.78 is 38.3. The normalized spacial score (nSPS) is 11.0. The molecule has 2 aromatic rings. The van der Waals surface area contributed by atoms with E-state index >= 15 is 0 Å². The van der Waals surface area contributed by atoms with Gasteiger partial charge in [-0.25, -0.2) is 4.98 Å². The molecule has 0 fully saturated rings. The highest BCUT2D eigenvalue weighted by molar-refractivity contribution is 9.10. The van der Waals surface area contributed by atoms with Crippen LogP contribution < -0.4 is 5.32 Å². The van der Waals surface area contributed by atoms with Crippen molar-refractivity contribution >= 4 is 39.0 Å². The first-order chi connectivity index (χ1) is 9.81. The van der Waals surface area contributed by atoms with E-state index in [9.17, 15) is 13.2 Å². The smallest absolute Gasteiger partial charge is 0.338 e. The second-order valence-electron chi connectivity index (χ2n) is 3.83. The van der Waals surface area contributed by atoms with Gasteiger partial charge in [0.05, 0.1) is 21.3 Å². The minimum Gasteiger partial charge on any atom is -0.338 e. The van der Waals surface area contributed by atoms with Crippen LogP contribution in [0.5, 0.6) is 0 Å². The molecule has 0 bridgehead atoms. The molecule has 9 heteroatoms. The Kier molecular flexibility index (Phi) is 4.34. The molecular formula is C12H5BrClF3N4. The molecule has 0 atom stereocenters. The average Bonchev–Trinajstić information content (AvgIpc) is 2.42. The first-order valence-corrected chi connectivity index (χ1v) is 6.55. The maximum Gasteiger partial charge on any atom is 0.416 e. The van der Waals surface area contributed by atoms with Crippen LogP contribution in [-0.4, -0.2) is 9.97 Å². The number of rotatable bonds is 2. The molecule has 1 aromatic heterocycles. The minimum atomic E-state index is -4.51. The monoisotopic (exact) mass is 376 g/mol. The van der Waals surface area contributed by atoms with Crippen molar-refractivity contribution in [2.45, 2.75) is 6.18 Å². The van der Waals surface area contributed by atoms with Gasteiger partial charge in [-0.05, 0) is 45.7 Å². The number of aromatic nitrogens is 2. The molecule has 0 amide bonds. The predicted octanol–water partition coefficient (Wildman–Crippen LogP) is 4.53. The third-order valence-corrected chi connectivity index (χ3v) is 3.20. The van der Waals surface area contributed by atoms with Gasteiger partial charge in [0.2, 0.25) is 5.28 Å². The summed E-state index contributed by atoms with van der Waals surface area (Å²) in [4.78, 5) is 7.60. The van der Waals surface area contributed by atoms with Gasteiger partial charge in [-0.3, -0.25) is 0 Å². The van der Waals surface area contributed by atoms with Gasteiger partial charge in [0, 0.05) is 6.20 Å². The Morgan fingerprint density at radius 3 is 2.67 bits per heavy atom. The van der Waals surface area contributed by atoms with Crippen LogP contribution >= 0.6 is 27.5 Å². The molecule has 2 rings (SSSR count). The molecule has 0 saturated carbocycles. The molecule has 1 N–H and O–H groups in total. The van der Waals surface area contributed by atoms with E-state index in [1.165, 1.54) is 6.20 Å². The van der Waals surface area contributed by atoms with Crippen molar-refractivity contribution in [1.29, 1.82) is 5.26 Å². The van der Waals surface area contributed by atoms with Gasteiger partial charge in [0.1, 0.15) is 11.9 Å². The van der Waals surface area contributed by atoms with Crippen LogP contribution in [0.4, 0.5) is 24.7 Å². The molecule has 1 aromatic carbocycles. The molecule has 4 nitrogen and oxygen atoms in total. The number of benzene rings is 1. The summed E-state index contributed by atoms with van der Waals surface area (Å²) in [5.41, 5.74) is -0.878. The van der Waals surface area contributed by atoms with Gasteiger partial charge in [-0.2, -0.15) is 23.4 Å². The van der Waals surface area contributed by atoms with E-state index in [1.807, 2.05) is 0 Å². The maximum atomic E-state index is 12.6. The van der Waals surface area contributed by atoms with Crippen LogP contribution in [0.15, 0.2) is 28.9 Å². The number of hydrogen-bond acceptors (Lipinski definition) is 4. The van der Waals surface area contributed by atoms with Crippen molar-refractivity contribution in [3.05, 3.63) is 45.3 Å². The predicted molar refractivity (Wildman–Crippen MR) is 74.2 cm³/mol. The molecule has 0 saturated heterocycles. The minimum absolute atomic E-state index is 0.0360. The van der Waals surface area contributed by atoms with Crippen molar-refractivity contribution in [2.24, 2.45) is 0 Å². The summed E-state index contributed by atoms with van der Waals surface area (Å²) >= 11 is 8.82. The molecule has 0 radical (unpaired) electrons. The van der Waals surface area contributed by atoms with Gasteiger partial charge in [0.15, 0.2) is 0 Å². The van der Waals surface area contributed by atoms with E-state index < -0.39 is 11.7 Å². The quantitative estimate of drug-likeness (QED) is 0.781. The molecule has 0 spiro atoms. The molecule has 0 unspecified atom stereocenters. The topological polar surface area (TPSA) is 61.6 Å². The molecule has 21 heavy (non-hydrogen) atoms. The van der Waals surface area contributed by atoms with E-state index in [1.54, 1.807) is 6.07 Å². The zero-order chi connectivity index (χ0) is 15.6.